The van der Waals surface area contributed by atoms with Gasteiger partial charge in [-0.1, -0.05) is 30.3 Å². The molecule has 1 aliphatic carbocycles. The fourth-order valence-electron chi connectivity index (χ4n) is 5.27. The summed E-state index contributed by atoms with van der Waals surface area (Å²) < 4.78 is 33.2. The van der Waals surface area contributed by atoms with E-state index in [1.807, 2.05) is 32.9 Å². The van der Waals surface area contributed by atoms with Crippen LogP contribution in [0.25, 0.3) is 0 Å². The second-order valence-electron chi connectivity index (χ2n) is 11.2. The Balaban J connectivity index is 1.15. The molecule has 198 valence electrons. The van der Waals surface area contributed by atoms with Crippen molar-refractivity contribution in [1.29, 1.82) is 0 Å². The van der Waals surface area contributed by atoms with E-state index >= 15 is 0 Å². The average molecular weight is 526 g/mol. The summed E-state index contributed by atoms with van der Waals surface area (Å²) in [6.45, 7) is 7.02. The maximum absolute atomic E-state index is 13.1. The molecule has 2 aromatic rings. The molecule has 1 saturated heterocycles. The highest BCUT2D eigenvalue weighted by atomic mass is 32.2. The summed E-state index contributed by atoms with van der Waals surface area (Å²) in [4.78, 5) is 27.1. The summed E-state index contributed by atoms with van der Waals surface area (Å²) in [5.74, 6) is 0.199. The van der Waals surface area contributed by atoms with Gasteiger partial charge in [-0.05, 0) is 75.8 Å². The van der Waals surface area contributed by atoms with E-state index in [-0.39, 0.29) is 29.9 Å². The Labute approximate surface area is 219 Å². The standard InChI is InChI=1S/C28H35N3O5S/c1-28(2,3)36-27(33)30-14-11-19(12-15-30)26(32)29-24-18-23(24)20-9-10-25-21(17-20)13-16-31(25)37(34,35)22-7-5-4-6-8-22/h4-10,17,19,23-24H,11-16,18H2,1-3H3,(H,29,32)/t23-,24+/m0/s1. The monoisotopic (exact) mass is 525 g/mol. The van der Waals surface area contributed by atoms with Gasteiger partial charge in [0.15, 0.2) is 0 Å². The number of anilines is 1. The molecule has 0 bridgehead atoms. The Morgan fingerprint density at radius 1 is 1.00 bits per heavy atom. The Kier molecular flexibility index (Phi) is 6.68. The van der Waals surface area contributed by atoms with Crippen LogP contribution < -0.4 is 9.62 Å². The molecular formula is C28H35N3O5S. The molecule has 8 nitrogen and oxygen atoms in total. The number of piperidine rings is 1. The molecule has 1 saturated carbocycles. The number of fused-ring (bicyclic) bond motifs is 1. The number of nitrogens with zero attached hydrogens (tertiary/aromatic N) is 2. The molecule has 0 unspecified atom stereocenters. The van der Waals surface area contributed by atoms with E-state index in [4.69, 9.17) is 4.74 Å². The first-order valence-corrected chi connectivity index (χ1v) is 14.5. The van der Waals surface area contributed by atoms with E-state index in [1.165, 1.54) is 4.31 Å². The maximum atomic E-state index is 13.1. The number of benzene rings is 2. The van der Waals surface area contributed by atoms with Crippen LogP contribution >= 0.6 is 0 Å². The van der Waals surface area contributed by atoms with Crippen LogP contribution in [0.2, 0.25) is 0 Å². The van der Waals surface area contributed by atoms with Gasteiger partial charge in [-0.25, -0.2) is 13.2 Å². The number of carbonyl (C=O) groups is 2. The third kappa shape index (κ3) is 5.46. The number of nitrogens with one attached hydrogen (secondary N) is 1. The Hall–Kier alpha value is -3.07. The van der Waals surface area contributed by atoms with Gasteiger partial charge in [0.2, 0.25) is 5.91 Å². The zero-order valence-corrected chi connectivity index (χ0v) is 22.5. The number of sulfonamides is 1. The molecule has 2 fully saturated rings. The molecule has 0 spiro atoms. The van der Waals surface area contributed by atoms with Crippen molar-refractivity contribution in [1.82, 2.24) is 10.2 Å². The summed E-state index contributed by atoms with van der Waals surface area (Å²) >= 11 is 0. The smallest absolute Gasteiger partial charge is 0.410 e. The minimum Gasteiger partial charge on any atom is -0.444 e. The van der Waals surface area contributed by atoms with Crippen LogP contribution in [0.1, 0.15) is 57.1 Å². The molecular weight excluding hydrogens is 490 g/mol. The first kappa shape index (κ1) is 25.6. The number of hydrogen-bond acceptors (Lipinski definition) is 5. The molecule has 37 heavy (non-hydrogen) atoms. The Bertz CT molecular complexity index is 1280. The van der Waals surface area contributed by atoms with Crippen LogP contribution in [0, 0.1) is 5.92 Å². The molecule has 2 heterocycles. The summed E-state index contributed by atoms with van der Waals surface area (Å²) in [6, 6.07) is 14.6. The van der Waals surface area contributed by atoms with E-state index in [2.05, 4.69) is 11.4 Å². The van der Waals surface area contributed by atoms with Crippen molar-refractivity contribution >= 4 is 27.7 Å². The number of ether oxygens (including phenoxy) is 1. The van der Waals surface area contributed by atoms with E-state index < -0.39 is 15.6 Å². The minimum absolute atomic E-state index is 0.0534. The van der Waals surface area contributed by atoms with Gasteiger partial charge in [0.25, 0.3) is 10.0 Å². The van der Waals surface area contributed by atoms with Crippen LogP contribution in [0.3, 0.4) is 0 Å². The summed E-state index contributed by atoms with van der Waals surface area (Å²) in [5, 5.41) is 3.20. The normalized spacial score (nSPS) is 21.9. The van der Waals surface area contributed by atoms with Gasteiger partial charge in [-0.15, -0.1) is 0 Å². The zero-order valence-electron chi connectivity index (χ0n) is 21.6. The molecule has 9 heteroatoms. The third-order valence-electron chi connectivity index (χ3n) is 7.35. The number of carbonyl (C=O) groups excluding carboxylic acids is 2. The molecule has 2 atom stereocenters. The topological polar surface area (TPSA) is 96.0 Å². The van der Waals surface area contributed by atoms with E-state index in [0.717, 1.165) is 23.2 Å². The lowest BCUT2D eigenvalue weighted by molar-refractivity contribution is -0.126. The van der Waals surface area contributed by atoms with Gasteiger partial charge >= 0.3 is 6.09 Å². The van der Waals surface area contributed by atoms with Gasteiger partial charge in [0.05, 0.1) is 10.6 Å². The Morgan fingerprint density at radius 2 is 1.70 bits per heavy atom. The number of amides is 2. The highest BCUT2D eigenvalue weighted by Gasteiger charge is 2.42. The summed E-state index contributed by atoms with van der Waals surface area (Å²) in [7, 11) is -3.58. The van der Waals surface area contributed by atoms with E-state index in [9.17, 15) is 18.0 Å². The van der Waals surface area contributed by atoms with E-state index in [1.54, 1.807) is 35.2 Å². The molecule has 5 rings (SSSR count). The summed E-state index contributed by atoms with van der Waals surface area (Å²) in [5.41, 5.74) is 2.38. The van der Waals surface area contributed by atoms with Crippen molar-refractivity contribution in [3.63, 3.8) is 0 Å². The molecule has 0 radical (unpaired) electrons. The number of likely N-dealkylation sites (tertiary alicyclic amines) is 1. The molecule has 0 aromatic heterocycles. The molecule has 2 aromatic carbocycles. The largest absolute Gasteiger partial charge is 0.444 e. The van der Waals surface area contributed by atoms with Gasteiger partial charge in [-0.3, -0.25) is 9.10 Å². The zero-order chi connectivity index (χ0) is 26.4. The van der Waals surface area contributed by atoms with Crippen LogP contribution in [0.5, 0.6) is 0 Å². The van der Waals surface area contributed by atoms with Crippen LogP contribution in [0.4, 0.5) is 10.5 Å². The molecule has 1 N–H and O–H groups in total. The first-order chi connectivity index (χ1) is 17.5. The molecule has 2 aliphatic heterocycles. The quantitative estimate of drug-likeness (QED) is 0.635. The van der Waals surface area contributed by atoms with Crippen LogP contribution in [0.15, 0.2) is 53.4 Å². The Morgan fingerprint density at radius 3 is 2.38 bits per heavy atom. The lowest BCUT2D eigenvalue weighted by atomic mass is 9.96. The van der Waals surface area contributed by atoms with Crippen LogP contribution in [-0.2, 0) is 26.0 Å². The molecule has 3 aliphatic rings. The average Bonchev–Trinajstić information content (AvgIpc) is 3.49. The second-order valence-corrected chi connectivity index (χ2v) is 13.1. The second kappa shape index (κ2) is 9.67. The van der Waals surface area contributed by atoms with Gasteiger partial charge in [-0.2, -0.15) is 0 Å². The minimum atomic E-state index is -3.58. The predicted molar refractivity (Wildman–Crippen MR) is 141 cm³/mol. The van der Waals surface area contributed by atoms with Gasteiger partial charge in [0, 0.05) is 37.5 Å². The fourth-order valence-corrected chi connectivity index (χ4v) is 6.79. The summed E-state index contributed by atoms with van der Waals surface area (Å²) in [6.07, 6.45) is 2.50. The van der Waals surface area contributed by atoms with Crippen molar-refractivity contribution < 1.29 is 22.7 Å². The van der Waals surface area contributed by atoms with Gasteiger partial charge in [0.1, 0.15) is 5.60 Å². The van der Waals surface area contributed by atoms with Crippen molar-refractivity contribution in [2.75, 3.05) is 23.9 Å². The van der Waals surface area contributed by atoms with Crippen LogP contribution in [-0.4, -0.2) is 56.6 Å². The van der Waals surface area contributed by atoms with E-state index in [0.29, 0.717) is 43.8 Å². The van der Waals surface area contributed by atoms with Gasteiger partial charge < -0.3 is 15.0 Å². The van der Waals surface area contributed by atoms with Crippen molar-refractivity contribution in [2.24, 2.45) is 5.92 Å². The van der Waals surface area contributed by atoms with Crippen molar-refractivity contribution in [2.45, 2.75) is 68.9 Å². The lowest BCUT2D eigenvalue weighted by Crippen LogP contribution is -2.45. The first-order valence-electron chi connectivity index (χ1n) is 13.0. The highest BCUT2D eigenvalue weighted by Crippen LogP contribution is 2.44. The SMILES string of the molecule is CC(C)(C)OC(=O)N1CCC(C(=O)N[C@@H]2C[C@H]2c2ccc3c(c2)CCN3S(=O)(=O)c2ccccc2)CC1. The predicted octanol–water partition coefficient (Wildman–Crippen LogP) is 4.06. The maximum Gasteiger partial charge on any atom is 0.410 e. The lowest BCUT2D eigenvalue weighted by Gasteiger charge is -2.33. The van der Waals surface area contributed by atoms with Crippen molar-refractivity contribution in [3.05, 3.63) is 59.7 Å². The number of rotatable bonds is 5. The number of hydrogen-bond donors (Lipinski definition) is 1. The van der Waals surface area contributed by atoms with Crippen molar-refractivity contribution in [3.8, 4) is 0 Å². The highest BCUT2D eigenvalue weighted by molar-refractivity contribution is 7.92. The third-order valence-corrected chi connectivity index (χ3v) is 9.18. The fraction of sp³-hybridized carbons (Fsp3) is 0.500. The molecule has 2 amide bonds.